The fourth-order valence-electron chi connectivity index (χ4n) is 4.82. The molecule has 0 amide bonds. The van der Waals surface area contributed by atoms with E-state index in [4.69, 9.17) is 23.7 Å². The van der Waals surface area contributed by atoms with Gasteiger partial charge in [-0.3, -0.25) is 4.98 Å². The average Bonchev–Trinajstić information content (AvgIpc) is 3.35. The van der Waals surface area contributed by atoms with Crippen LogP contribution in [0, 0.1) is 11.8 Å². The topological polar surface area (TPSA) is 59.0 Å². The maximum atomic E-state index is 6.07. The van der Waals surface area contributed by atoms with Gasteiger partial charge < -0.3 is 23.7 Å². The lowest BCUT2D eigenvalue weighted by atomic mass is 9.85. The molecule has 1 aliphatic rings. The van der Waals surface area contributed by atoms with Crippen LogP contribution in [0.25, 0.3) is 0 Å². The number of nitrogens with zero attached hydrogens (tertiary/aromatic N) is 1. The Balaban J connectivity index is 1.36. The van der Waals surface area contributed by atoms with Crippen molar-refractivity contribution in [1.82, 2.24) is 4.98 Å². The van der Waals surface area contributed by atoms with Crippen molar-refractivity contribution in [3.05, 3.63) is 77.1 Å². The van der Waals surface area contributed by atoms with Gasteiger partial charge in [0.25, 0.3) is 0 Å². The number of aromatic nitrogens is 1. The molecule has 192 valence electrons. The highest BCUT2D eigenvalue weighted by atomic mass is 16.5. The molecule has 36 heavy (non-hydrogen) atoms. The molecule has 0 saturated carbocycles. The molecule has 1 fully saturated rings. The Morgan fingerprint density at radius 3 is 1.92 bits per heavy atom. The van der Waals surface area contributed by atoms with Crippen LogP contribution in [0.2, 0.25) is 0 Å². The summed E-state index contributed by atoms with van der Waals surface area (Å²) < 4.78 is 28.5. The SMILES string of the molecule is CCc1cncc(CCOc2ccc(C[C@H]3COC[C@@H]3Cc3ccc(OC)c(OC)c3)cc2OC)c1. The summed E-state index contributed by atoms with van der Waals surface area (Å²) in [5.74, 6) is 3.93. The van der Waals surface area contributed by atoms with Gasteiger partial charge in [-0.25, -0.2) is 0 Å². The number of rotatable bonds is 12. The minimum absolute atomic E-state index is 0.438. The molecule has 2 atom stereocenters. The maximum absolute atomic E-state index is 6.07. The lowest BCUT2D eigenvalue weighted by Crippen LogP contribution is -2.17. The van der Waals surface area contributed by atoms with E-state index in [-0.39, 0.29) is 0 Å². The molecule has 0 bridgehead atoms. The van der Waals surface area contributed by atoms with Gasteiger partial charge in [0.1, 0.15) is 0 Å². The van der Waals surface area contributed by atoms with Crippen molar-refractivity contribution in [1.29, 1.82) is 0 Å². The molecule has 2 heterocycles. The molecule has 3 aromatic rings. The zero-order chi connectivity index (χ0) is 25.3. The highest BCUT2D eigenvalue weighted by Crippen LogP contribution is 2.34. The second kappa shape index (κ2) is 12.6. The van der Waals surface area contributed by atoms with Gasteiger partial charge in [0.2, 0.25) is 0 Å². The molecular formula is C30H37NO5. The highest BCUT2D eigenvalue weighted by molar-refractivity contribution is 5.44. The first kappa shape index (κ1) is 25.8. The largest absolute Gasteiger partial charge is 0.493 e. The summed E-state index contributed by atoms with van der Waals surface area (Å²) in [6.07, 6.45) is 7.49. The third-order valence-corrected chi connectivity index (χ3v) is 6.91. The van der Waals surface area contributed by atoms with Crippen LogP contribution < -0.4 is 18.9 Å². The smallest absolute Gasteiger partial charge is 0.161 e. The maximum Gasteiger partial charge on any atom is 0.161 e. The monoisotopic (exact) mass is 491 g/mol. The third kappa shape index (κ3) is 6.49. The van der Waals surface area contributed by atoms with E-state index in [1.54, 1.807) is 21.3 Å². The summed E-state index contributed by atoms with van der Waals surface area (Å²) in [6, 6.07) is 14.6. The van der Waals surface area contributed by atoms with Crippen molar-refractivity contribution in [2.75, 3.05) is 41.2 Å². The second-order valence-electron chi connectivity index (χ2n) is 9.29. The van der Waals surface area contributed by atoms with Crippen LogP contribution in [0.15, 0.2) is 54.9 Å². The number of pyridine rings is 1. The first-order valence-electron chi connectivity index (χ1n) is 12.6. The van der Waals surface area contributed by atoms with Crippen molar-refractivity contribution in [3.8, 4) is 23.0 Å². The fraction of sp³-hybridized carbons (Fsp3) is 0.433. The minimum atomic E-state index is 0.438. The third-order valence-electron chi connectivity index (χ3n) is 6.91. The standard InChI is InChI=1S/C30H37NO5/c1-5-21-12-24(18-31-17-21)10-11-36-28-9-7-23(16-30(28)34-4)14-26-20-35-19-25(26)13-22-6-8-27(32-2)29(15-22)33-3/h6-9,12,15-18,25-26H,5,10-11,13-14,19-20H2,1-4H3/t25-,26-/m0/s1. The lowest BCUT2D eigenvalue weighted by Gasteiger charge is -2.19. The minimum Gasteiger partial charge on any atom is -0.493 e. The zero-order valence-corrected chi connectivity index (χ0v) is 21.8. The van der Waals surface area contributed by atoms with Gasteiger partial charge in [-0.15, -0.1) is 0 Å². The van der Waals surface area contributed by atoms with Crippen LogP contribution in [0.5, 0.6) is 23.0 Å². The summed E-state index contributed by atoms with van der Waals surface area (Å²) >= 11 is 0. The van der Waals surface area contributed by atoms with Gasteiger partial charge >= 0.3 is 0 Å². The number of benzene rings is 2. The summed E-state index contributed by atoms with van der Waals surface area (Å²) in [6.45, 7) is 4.25. The van der Waals surface area contributed by atoms with Gasteiger partial charge in [0.05, 0.1) is 41.2 Å². The van der Waals surface area contributed by atoms with E-state index in [1.165, 1.54) is 22.3 Å². The van der Waals surface area contributed by atoms with Gasteiger partial charge in [-0.2, -0.15) is 0 Å². The van der Waals surface area contributed by atoms with Crippen molar-refractivity contribution in [3.63, 3.8) is 0 Å². The van der Waals surface area contributed by atoms with Crippen molar-refractivity contribution in [2.45, 2.75) is 32.6 Å². The quantitative estimate of drug-likeness (QED) is 0.341. The Morgan fingerprint density at radius 2 is 1.31 bits per heavy atom. The number of hydrogen-bond acceptors (Lipinski definition) is 6. The van der Waals surface area contributed by atoms with Gasteiger partial charge in [-0.05, 0) is 77.6 Å². The molecular weight excluding hydrogens is 454 g/mol. The van der Waals surface area contributed by atoms with Crippen LogP contribution in [0.1, 0.15) is 29.2 Å². The Bertz CT molecular complexity index is 1130. The van der Waals surface area contributed by atoms with Crippen LogP contribution >= 0.6 is 0 Å². The predicted octanol–water partition coefficient (Wildman–Crippen LogP) is 5.34. The number of methoxy groups -OCH3 is 3. The summed E-state index contributed by atoms with van der Waals surface area (Å²) in [5, 5.41) is 0. The van der Waals surface area contributed by atoms with E-state index in [0.717, 1.165) is 61.9 Å². The molecule has 1 saturated heterocycles. The number of hydrogen-bond donors (Lipinski definition) is 0. The van der Waals surface area contributed by atoms with Crippen molar-refractivity contribution in [2.24, 2.45) is 11.8 Å². The van der Waals surface area contributed by atoms with Gasteiger partial charge in [-0.1, -0.05) is 25.1 Å². The fourth-order valence-corrected chi connectivity index (χ4v) is 4.82. The predicted molar refractivity (Wildman–Crippen MR) is 141 cm³/mol. The molecule has 0 spiro atoms. The summed E-state index contributed by atoms with van der Waals surface area (Å²) in [4.78, 5) is 4.32. The zero-order valence-electron chi connectivity index (χ0n) is 21.8. The second-order valence-corrected chi connectivity index (χ2v) is 9.29. The van der Waals surface area contributed by atoms with Crippen molar-refractivity contribution >= 4 is 0 Å². The molecule has 0 radical (unpaired) electrons. The number of aryl methyl sites for hydroxylation is 1. The van der Waals surface area contributed by atoms with Crippen LogP contribution in [-0.2, 0) is 30.4 Å². The normalized spacial score (nSPS) is 17.1. The van der Waals surface area contributed by atoms with E-state index < -0.39 is 0 Å². The first-order chi connectivity index (χ1) is 17.6. The molecule has 4 rings (SSSR count). The molecule has 6 heteroatoms. The molecule has 6 nitrogen and oxygen atoms in total. The molecule has 2 aromatic carbocycles. The van der Waals surface area contributed by atoms with Crippen LogP contribution in [-0.4, -0.2) is 46.1 Å². The molecule has 1 aromatic heterocycles. The molecule has 0 aliphatic carbocycles. The van der Waals surface area contributed by atoms with E-state index in [0.29, 0.717) is 18.4 Å². The van der Waals surface area contributed by atoms with E-state index in [1.807, 2.05) is 24.5 Å². The Kier molecular flexibility index (Phi) is 9.06. The van der Waals surface area contributed by atoms with Crippen LogP contribution in [0.3, 0.4) is 0 Å². The van der Waals surface area contributed by atoms with Gasteiger partial charge in [0.15, 0.2) is 23.0 Å². The van der Waals surface area contributed by atoms with E-state index in [2.05, 4.69) is 42.2 Å². The highest BCUT2D eigenvalue weighted by Gasteiger charge is 2.29. The summed E-state index contributed by atoms with van der Waals surface area (Å²) in [5.41, 5.74) is 4.89. The average molecular weight is 492 g/mol. The Morgan fingerprint density at radius 1 is 0.722 bits per heavy atom. The van der Waals surface area contributed by atoms with Gasteiger partial charge in [0, 0.05) is 18.8 Å². The Labute approximate surface area is 214 Å². The van der Waals surface area contributed by atoms with Crippen LogP contribution in [0.4, 0.5) is 0 Å². The molecule has 0 unspecified atom stereocenters. The van der Waals surface area contributed by atoms with Crippen molar-refractivity contribution < 1.29 is 23.7 Å². The Hall–Kier alpha value is -3.25. The molecule has 0 N–H and O–H groups in total. The molecule has 1 aliphatic heterocycles. The number of ether oxygens (including phenoxy) is 5. The van der Waals surface area contributed by atoms with E-state index in [9.17, 15) is 0 Å². The lowest BCUT2D eigenvalue weighted by molar-refractivity contribution is 0.180. The van der Waals surface area contributed by atoms with E-state index >= 15 is 0 Å². The summed E-state index contributed by atoms with van der Waals surface area (Å²) in [7, 11) is 5.02. The first-order valence-corrected chi connectivity index (χ1v) is 12.6.